The second-order valence-electron chi connectivity index (χ2n) is 6.10. The molecule has 2 heterocycles. The summed E-state index contributed by atoms with van der Waals surface area (Å²) in [6.07, 6.45) is 1.38. The predicted octanol–water partition coefficient (Wildman–Crippen LogP) is 2.62. The maximum absolute atomic E-state index is 12.2. The summed E-state index contributed by atoms with van der Waals surface area (Å²) in [6, 6.07) is 8.69. The molecule has 0 saturated heterocycles. The molecule has 0 saturated carbocycles. The Bertz CT molecular complexity index is 986. The Labute approximate surface area is 162 Å². The number of nitrogens with one attached hydrogen (secondary N) is 2. The van der Waals surface area contributed by atoms with Crippen LogP contribution in [0.5, 0.6) is 11.5 Å². The van der Waals surface area contributed by atoms with E-state index in [9.17, 15) is 4.79 Å². The number of ether oxygens (including phenoxy) is 2. The summed E-state index contributed by atoms with van der Waals surface area (Å²) in [7, 11) is 3.14. The van der Waals surface area contributed by atoms with Crippen molar-refractivity contribution in [3.05, 3.63) is 53.6 Å². The highest BCUT2D eigenvalue weighted by Gasteiger charge is 2.09. The Morgan fingerprint density at radius 1 is 1.07 bits per heavy atom. The topological polar surface area (TPSA) is 103 Å². The van der Waals surface area contributed by atoms with E-state index in [0.717, 1.165) is 17.0 Å². The standard InChI is InChI=1S/C19H22N6O3/c1-12-7-13(2)25(24-12)18-9-17(21-11-22-18)23-19(26)20-10-14-5-6-15(27-3)16(8-14)28-4/h5-9,11H,10H2,1-4H3,(H2,20,21,22,23,26). The summed E-state index contributed by atoms with van der Waals surface area (Å²) < 4.78 is 12.2. The highest BCUT2D eigenvalue weighted by molar-refractivity contribution is 5.88. The number of aromatic nitrogens is 4. The lowest BCUT2D eigenvalue weighted by Gasteiger charge is -2.11. The van der Waals surface area contributed by atoms with Crippen LogP contribution in [0.25, 0.3) is 5.82 Å². The third-order valence-electron chi connectivity index (χ3n) is 4.02. The zero-order valence-electron chi connectivity index (χ0n) is 16.2. The van der Waals surface area contributed by atoms with E-state index in [1.54, 1.807) is 31.0 Å². The van der Waals surface area contributed by atoms with Crippen molar-refractivity contribution in [2.75, 3.05) is 19.5 Å². The molecular weight excluding hydrogens is 360 g/mol. The predicted molar refractivity (Wildman–Crippen MR) is 104 cm³/mol. The molecule has 0 atom stereocenters. The lowest BCUT2D eigenvalue weighted by atomic mass is 10.2. The van der Waals surface area contributed by atoms with Crippen molar-refractivity contribution in [3.63, 3.8) is 0 Å². The van der Waals surface area contributed by atoms with Gasteiger partial charge in [-0.05, 0) is 37.6 Å². The first kappa shape index (κ1) is 19.2. The number of hydrogen-bond acceptors (Lipinski definition) is 6. The van der Waals surface area contributed by atoms with E-state index in [1.807, 2.05) is 32.0 Å². The Hall–Kier alpha value is -3.62. The average Bonchev–Trinajstić information content (AvgIpc) is 3.04. The van der Waals surface area contributed by atoms with Gasteiger partial charge >= 0.3 is 6.03 Å². The van der Waals surface area contributed by atoms with Gasteiger partial charge in [-0.1, -0.05) is 6.07 Å². The Morgan fingerprint density at radius 2 is 1.86 bits per heavy atom. The van der Waals surface area contributed by atoms with Gasteiger partial charge in [-0.25, -0.2) is 19.4 Å². The minimum atomic E-state index is -0.382. The summed E-state index contributed by atoms with van der Waals surface area (Å²) >= 11 is 0. The molecule has 0 unspecified atom stereocenters. The van der Waals surface area contributed by atoms with Crippen LogP contribution in [0, 0.1) is 13.8 Å². The normalized spacial score (nSPS) is 10.4. The summed E-state index contributed by atoms with van der Waals surface area (Å²) in [5.41, 5.74) is 2.71. The maximum atomic E-state index is 12.2. The third-order valence-corrected chi connectivity index (χ3v) is 4.02. The van der Waals surface area contributed by atoms with Gasteiger partial charge in [0.15, 0.2) is 17.3 Å². The summed E-state index contributed by atoms with van der Waals surface area (Å²) in [6.45, 7) is 4.16. The van der Waals surface area contributed by atoms with E-state index in [2.05, 4.69) is 25.7 Å². The van der Waals surface area contributed by atoms with E-state index < -0.39 is 0 Å². The van der Waals surface area contributed by atoms with Crippen molar-refractivity contribution in [1.82, 2.24) is 25.1 Å². The lowest BCUT2D eigenvalue weighted by molar-refractivity contribution is 0.251. The van der Waals surface area contributed by atoms with Crippen LogP contribution in [-0.4, -0.2) is 40.0 Å². The second kappa shape index (κ2) is 8.38. The molecule has 9 nitrogen and oxygen atoms in total. The van der Waals surface area contributed by atoms with Crippen LogP contribution >= 0.6 is 0 Å². The van der Waals surface area contributed by atoms with Crippen molar-refractivity contribution >= 4 is 11.8 Å². The number of benzene rings is 1. The molecule has 3 rings (SSSR count). The van der Waals surface area contributed by atoms with Crippen LogP contribution in [0.1, 0.15) is 17.0 Å². The van der Waals surface area contributed by atoms with Crippen molar-refractivity contribution in [3.8, 4) is 17.3 Å². The molecule has 0 aliphatic carbocycles. The molecule has 2 N–H and O–H groups in total. The van der Waals surface area contributed by atoms with E-state index in [-0.39, 0.29) is 6.03 Å². The maximum Gasteiger partial charge on any atom is 0.320 e. The molecule has 0 spiro atoms. The van der Waals surface area contributed by atoms with E-state index >= 15 is 0 Å². The first-order chi connectivity index (χ1) is 13.5. The summed E-state index contributed by atoms with van der Waals surface area (Å²) in [4.78, 5) is 20.5. The number of methoxy groups -OCH3 is 2. The second-order valence-corrected chi connectivity index (χ2v) is 6.10. The molecule has 3 aromatic rings. The Morgan fingerprint density at radius 3 is 2.54 bits per heavy atom. The van der Waals surface area contributed by atoms with Crippen molar-refractivity contribution in [2.45, 2.75) is 20.4 Å². The highest BCUT2D eigenvalue weighted by Crippen LogP contribution is 2.27. The van der Waals surface area contributed by atoms with Gasteiger partial charge in [0.2, 0.25) is 0 Å². The zero-order chi connectivity index (χ0) is 20.1. The molecule has 0 aliphatic heterocycles. The van der Waals surface area contributed by atoms with Crippen molar-refractivity contribution in [1.29, 1.82) is 0 Å². The molecule has 0 bridgehead atoms. The van der Waals surface area contributed by atoms with Gasteiger partial charge in [0.25, 0.3) is 0 Å². The quantitative estimate of drug-likeness (QED) is 0.679. The largest absolute Gasteiger partial charge is 0.493 e. The van der Waals surface area contributed by atoms with Gasteiger partial charge in [0.1, 0.15) is 12.1 Å². The highest BCUT2D eigenvalue weighted by atomic mass is 16.5. The number of anilines is 1. The number of carbonyl (C=O) groups is 1. The first-order valence-corrected chi connectivity index (χ1v) is 8.61. The number of amides is 2. The number of carbonyl (C=O) groups excluding carboxylic acids is 1. The molecule has 0 radical (unpaired) electrons. The van der Waals surface area contributed by atoms with Crippen LogP contribution in [0.3, 0.4) is 0 Å². The van der Waals surface area contributed by atoms with Gasteiger partial charge in [-0.3, -0.25) is 5.32 Å². The number of nitrogens with zero attached hydrogens (tertiary/aromatic N) is 4. The molecule has 28 heavy (non-hydrogen) atoms. The summed E-state index contributed by atoms with van der Waals surface area (Å²) in [5, 5.41) is 9.87. The van der Waals surface area contributed by atoms with E-state index in [4.69, 9.17) is 9.47 Å². The minimum absolute atomic E-state index is 0.321. The molecule has 146 valence electrons. The van der Waals surface area contributed by atoms with Gasteiger partial charge in [-0.2, -0.15) is 5.10 Å². The van der Waals surface area contributed by atoms with E-state index in [0.29, 0.717) is 29.7 Å². The number of aryl methyl sites for hydroxylation is 2. The van der Waals surface area contributed by atoms with Crippen LogP contribution in [-0.2, 0) is 6.54 Å². The van der Waals surface area contributed by atoms with Gasteiger partial charge < -0.3 is 14.8 Å². The van der Waals surface area contributed by atoms with Crippen LogP contribution in [0.4, 0.5) is 10.6 Å². The Kier molecular flexibility index (Phi) is 5.73. The Balaban J connectivity index is 1.64. The fraction of sp³-hybridized carbons (Fsp3) is 0.263. The zero-order valence-corrected chi connectivity index (χ0v) is 16.2. The van der Waals surface area contributed by atoms with Gasteiger partial charge in [0.05, 0.1) is 19.9 Å². The molecule has 2 aromatic heterocycles. The minimum Gasteiger partial charge on any atom is -0.493 e. The van der Waals surface area contributed by atoms with Crippen LogP contribution in [0.15, 0.2) is 36.7 Å². The van der Waals surface area contributed by atoms with Gasteiger partial charge in [0, 0.05) is 18.3 Å². The van der Waals surface area contributed by atoms with Crippen LogP contribution in [0.2, 0.25) is 0 Å². The fourth-order valence-electron chi connectivity index (χ4n) is 2.73. The van der Waals surface area contributed by atoms with Crippen molar-refractivity contribution < 1.29 is 14.3 Å². The SMILES string of the molecule is COc1ccc(CNC(=O)Nc2cc(-n3nc(C)cc3C)ncn2)cc1OC. The van der Waals surface area contributed by atoms with Crippen LogP contribution < -0.4 is 20.1 Å². The monoisotopic (exact) mass is 382 g/mol. The number of rotatable bonds is 6. The lowest BCUT2D eigenvalue weighted by Crippen LogP contribution is -2.28. The third kappa shape index (κ3) is 4.37. The molecule has 0 fully saturated rings. The molecule has 1 aromatic carbocycles. The fourth-order valence-corrected chi connectivity index (χ4v) is 2.73. The molecule has 9 heteroatoms. The van der Waals surface area contributed by atoms with Gasteiger partial charge in [-0.15, -0.1) is 0 Å². The van der Waals surface area contributed by atoms with Crippen molar-refractivity contribution in [2.24, 2.45) is 0 Å². The van der Waals surface area contributed by atoms with E-state index in [1.165, 1.54) is 6.33 Å². The molecule has 0 aliphatic rings. The number of hydrogen-bond donors (Lipinski definition) is 2. The molecular formula is C19H22N6O3. The average molecular weight is 382 g/mol. The molecule has 2 amide bonds. The summed E-state index contributed by atoms with van der Waals surface area (Å²) in [5.74, 6) is 2.19. The number of urea groups is 1. The first-order valence-electron chi connectivity index (χ1n) is 8.61. The smallest absolute Gasteiger partial charge is 0.320 e.